The van der Waals surface area contributed by atoms with Gasteiger partial charge in [0.25, 0.3) is 0 Å². The highest BCUT2D eigenvalue weighted by molar-refractivity contribution is 7.14. The van der Waals surface area contributed by atoms with Crippen LogP contribution < -0.4 is 10.1 Å². The topological polar surface area (TPSA) is 64.1 Å². The summed E-state index contributed by atoms with van der Waals surface area (Å²) >= 11 is 8.92. The number of ether oxygens (including phenoxy) is 1. The number of nitrogens with one attached hydrogen (secondary N) is 1. The molecule has 1 amide bonds. The van der Waals surface area contributed by atoms with Crippen LogP contribution in [0.15, 0.2) is 53.2 Å². The van der Waals surface area contributed by atoms with Crippen LogP contribution >= 0.6 is 34.3 Å². The van der Waals surface area contributed by atoms with E-state index in [-0.39, 0.29) is 18.1 Å². The van der Waals surface area contributed by atoms with Crippen LogP contribution in [0, 0.1) is 5.82 Å². The summed E-state index contributed by atoms with van der Waals surface area (Å²) in [6, 6.07) is 12.1. The van der Waals surface area contributed by atoms with Crippen molar-refractivity contribution in [2.75, 3.05) is 12.4 Å². The van der Waals surface area contributed by atoms with Crippen LogP contribution in [0.5, 0.6) is 5.75 Å². The van der Waals surface area contributed by atoms with Crippen molar-refractivity contribution in [1.82, 2.24) is 9.97 Å². The fraction of sp³-hybridized carbons (Fsp3) is 0.0952. The summed E-state index contributed by atoms with van der Waals surface area (Å²) in [4.78, 5) is 21.3. The zero-order chi connectivity index (χ0) is 21.1. The van der Waals surface area contributed by atoms with E-state index in [1.165, 1.54) is 35.8 Å². The Morgan fingerprint density at radius 1 is 1.17 bits per heavy atom. The Morgan fingerprint density at radius 2 is 2.00 bits per heavy atom. The van der Waals surface area contributed by atoms with Crippen LogP contribution in [0.25, 0.3) is 21.8 Å². The smallest absolute Gasteiger partial charge is 0.232 e. The Kier molecular flexibility index (Phi) is 6.08. The second-order valence-corrected chi connectivity index (χ2v) is 8.36. The van der Waals surface area contributed by atoms with Crippen molar-refractivity contribution >= 4 is 45.3 Å². The monoisotopic (exact) mass is 459 g/mol. The van der Waals surface area contributed by atoms with E-state index in [4.69, 9.17) is 16.3 Å². The second-order valence-electron chi connectivity index (χ2n) is 6.24. The lowest BCUT2D eigenvalue weighted by atomic mass is 10.1. The van der Waals surface area contributed by atoms with Gasteiger partial charge in [-0.2, -0.15) is 0 Å². The lowest BCUT2D eigenvalue weighted by Gasteiger charge is -2.03. The number of thiazole rings is 2. The number of methoxy groups -OCH3 is 1. The predicted octanol–water partition coefficient (Wildman–Crippen LogP) is 5.92. The van der Waals surface area contributed by atoms with E-state index in [1.807, 2.05) is 23.6 Å². The van der Waals surface area contributed by atoms with E-state index in [0.717, 1.165) is 10.6 Å². The molecule has 1 N–H and O–H groups in total. The van der Waals surface area contributed by atoms with Gasteiger partial charge in [-0.3, -0.25) is 4.79 Å². The summed E-state index contributed by atoms with van der Waals surface area (Å²) in [6.45, 7) is 0. The summed E-state index contributed by atoms with van der Waals surface area (Å²) in [5, 5.41) is 8.19. The molecule has 0 aliphatic rings. The van der Waals surface area contributed by atoms with Crippen molar-refractivity contribution in [1.29, 1.82) is 0 Å². The first-order chi connectivity index (χ1) is 14.5. The number of rotatable bonds is 6. The molecule has 30 heavy (non-hydrogen) atoms. The maximum absolute atomic E-state index is 13.9. The lowest BCUT2D eigenvalue weighted by molar-refractivity contribution is -0.115. The molecule has 5 nitrogen and oxygen atoms in total. The number of hydrogen-bond donors (Lipinski definition) is 1. The number of carbonyl (C=O) groups excluding carboxylic acids is 1. The molecule has 0 radical (unpaired) electrons. The van der Waals surface area contributed by atoms with Crippen LogP contribution in [0.4, 0.5) is 9.52 Å². The Labute approximate surface area is 185 Å². The van der Waals surface area contributed by atoms with E-state index in [1.54, 1.807) is 23.6 Å². The standard InChI is InChI=1S/C21H15ClFN3O2S2/c1-28-18-7-6-12(8-16(18)23)17-11-30-21(25-17)26-19(27)9-13-10-29-20(24-13)14-4-2-3-5-15(14)22/h2-8,10-11H,9H2,1H3,(H,25,26,27). The van der Waals surface area contributed by atoms with Crippen LogP contribution in [0.2, 0.25) is 5.02 Å². The van der Waals surface area contributed by atoms with Gasteiger partial charge in [0.05, 0.1) is 29.9 Å². The number of hydrogen-bond acceptors (Lipinski definition) is 6. The molecule has 4 rings (SSSR count). The molecular formula is C21H15ClFN3O2S2. The quantitative estimate of drug-likeness (QED) is 0.389. The first-order valence-corrected chi connectivity index (χ1v) is 11.0. The summed E-state index contributed by atoms with van der Waals surface area (Å²) in [5.41, 5.74) is 2.67. The molecule has 2 aromatic heterocycles. The minimum atomic E-state index is -0.466. The molecule has 0 aliphatic carbocycles. The maximum Gasteiger partial charge on any atom is 0.232 e. The molecule has 0 atom stereocenters. The molecular weight excluding hydrogens is 445 g/mol. The maximum atomic E-state index is 13.9. The van der Waals surface area contributed by atoms with Gasteiger partial charge in [0.2, 0.25) is 5.91 Å². The fourth-order valence-corrected chi connectivity index (χ4v) is 4.64. The molecule has 4 aromatic rings. The van der Waals surface area contributed by atoms with E-state index in [2.05, 4.69) is 15.3 Å². The Morgan fingerprint density at radius 3 is 2.77 bits per heavy atom. The summed E-state index contributed by atoms with van der Waals surface area (Å²) < 4.78 is 18.8. The van der Waals surface area contributed by atoms with Gasteiger partial charge in [0.15, 0.2) is 16.7 Å². The third-order valence-corrected chi connectivity index (χ3v) is 6.21. The lowest BCUT2D eigenvalue weighted by Crippen LogP contribution is -2.14. The second kappa shape index (κ2) is 8.91. The molecule has 0 bridgehead atoms. The van der Waals surface area contributed by atoms with Crippen molar-refractivity contribution < 1.29 is 13.9 Å². The van der Waals surface area contributed by atoms with Gasteiger partial charge < -0.3 is 10.1 Å². The van der Waals surface area contributed by atoms with Gasteiger partial charge in [-0.05, 0) is 24.3 Å². The summed E-state index contributed by atoms with van der Waals surface area (Å²) in [5.74, 6) is -0.527. The average Bonchev–Trinajstić information content (AvgIpc) is 3.38. The minimum Gasteiger partial charge on any atom is -0.494 e. The normalized spacial score (nSPS) is 10.8. The zero-order valence-corrected chi connectivity index (χ0v) is 18.1. The first-order valence-electron chi connectivity index (χ1n) is 8.82. The molecule has 9 heteroatoms. The van der Waals surface area contributed by atoms with E-state index >= 15 is 0 Å². The zero-order valence-electron chi connectivity index (χ0n) is 15.7. The highest BCUT2D eigenvalue weighted by Gasteiger charge is 2.14. The largest absolute Gasteiger partial charge is 0.494 e. The van der Waals surface area contributed by atoms with Gasteiger partial charge in [-0.1, -0.05) is 29.8 Å². The van der Waals surface area contributed by atoms with Gasteiger partial charge >= 0.3 is 0 Å². The van der Waals surface area contributed by atoms with Crippen LogP contribution in [-0.2, 0) is 11.2 Å². The molecule has 0 saturated heterocycles. The molecule has 2 heterocycles. The molecule has 0 unspecified atom stereocenters. The van der Waals surface area contributed by atoms with E-state index < -0.39 is 5.82 Å². The highest BCUT2D eigenvalue weighted by Crippen LogP contribution is 2.31. The molecule has 0 aliphatic heterocycles. The number of carbonyl (C=O) groups is 1. The first kappa shape index (κ1) is 20.5. The van der Waals surface area contributed by atoms with E-state index in [9.17, 15) is 9.18 Å². The van der Waals surface area contributed by atoms with Gasteiger partial charge in [-0.25, -0.2) is 14.4 Å². The number of halogens is 2. The van der Waals surface area contributed by atoms with Crippen molar-refractivity contribution in [2.24, 2.45) is 0 Å². The SMILES string of the molecule is COc1ccc(-c2csc(NC(=O)Cc3csc(-c4ccccc4Cl)n3)n2)cc1F. The summed E-state index contributed by atoms with van der Waals surface area (Å²) in [7, 11) is 1.41. The molecule has 152 valence electrons. The molecule has 2 aromatic carbocycles. The van der Waals surface area contributed by atoms with Crippen molar-refractivity contribution in [3.8, 4) is 27.6 Å². The molecule has 0 spiro atoms. The highest BCUT2D eigenvalue weighted by atomic mass is 35.5. The number of amides is 1. The number of nitrogens with zero attached hydrogens (tertiary/aromatic N) is 2. The van der Waals surface area contributed by atoms with Crippen molar-refractivity contribution in [2.45, 2.75) is 6.42 Å². The Bertz CT molecular complexity index is 1210. The molecule has 0 fully saturated rings. The Hall–Kier alpha value is -2.81. The number of benzene rings is 2. The third-order valence-electron chi connectivity index (χ3n) is 4.20. The predicted molar refractivity (Wildman–Crippen MR) is 119 cm³/mol. The number of aromatic nitrogens is 2. The van der Waals surface area contributed by atoms with Crippen LogP contribution in [0.3, 0.4) is 0 Å². The minimum absolute atomic E-state index is 0.118. The van der Waals surface area contributed by atoms with Crippen LogP contribution in [0.1, 0.15) is 5.69 Å². The van der Waals surface area contributed by atoms with Crippen molar-refractivity contribution in [3.05, 3.63) is 69.8 Å². The molecule has 0 saturated carbocycles. The van der Waals surface area contributed by atoms with Gasteiger partial charge in [0.1, 0.15) is 5.01 Å². The fourth-order valence-electron chi connectivity index (χ4n) is 2.76. The van der Waals surface area contributed by atoms with Gasteiger partial charge in [-0.15, -0.1) is 22.7 Å². The summed E-state index contributed by atoms with van der Waals surface area (Å²) in [6.07, 6.45) is 0.118. The van der Waals surface area contributed by atoms with Crippen molar-refractivity contribution in [3.63, 3.8) is 0 Å². The average molecular weight is 460 g/mol. The van der Waals surface area contributed by atoms with E-state index in [0.29, 0.717) is 27.1 Å². The van der Waals surface area contributed by atoms with Gasteiger partial charge in [0, 0.05) is 21.9 Å². The third kappa shape index (κ3) is 4.51. The Balaban J connectivity index is 1.42. The van der Waals surface area contributed by atoms with Crippen LogP contribution in [-0.4, -0.2) is 23.0 Å². The number of anilines is 1.